The predicted octanol–water partition coefficient (Wildman–Crippen LogP) is 2.10. The molecule has 1 aromatic heterocycles. The van der Waals surface area contributed by atoms with Crippen LogP contribution in [0.4, 0.5) is 10.1 Å². The highest BCUT2D eigenvalue weighted by atomic mass is 19.1. The number of carbonyl (C=O) groups is 1. The first-order chi connectivity index (χ1) is 14.9. The molecule has 2 aliphatic heterocycles. The van der Waals surface area contributed by atoms with Gasteiger partial charge < -0.3 is 20.7 Å². The van der Waals surface area contributed by atoms with Crippen LogP contribution in [-0.4, -0.2) is 58.8 Å². The molecule has 1 aromatic carbocycles. The highest BCUT2D eigenvalue weighted by molar-refractivity contribution is 6.00. The molecule has 8 nitrogen and oxygen atoms in total. The fourth-order valence-electron chi connectivity index (χ4n) is 3.87. The Labute approximate surface area is 180 Å². The maximum atomic E-state index is 14.8. The molecule has 4 rings (SSSR count). The molecule has 3 N–H and O–H groups in total. The molecule has 0 aliphatic carbocycles. The van der Waals surface area contributed by atoms with Gasteiger partial charge >= 0.3 is 0 Å². The monoisotopic (exact) mass is 426 g/mol. The number of aromatic nitrogens is 2. The zero-order valence-electron chi connectivity index (χ0n) is 17.8. The average Bonchev–Trinajstić information content (AvgIpc) is 3.41. The first-order valence-corrected chi connectivity index (χ1v) is 10.4. The van der Waals surface area contributed by atoms with Gasteiger partial charge in [0.2, 0.25) is 5.91 Å². The van der Waals surface area contributed by atoms with E-state index in [-0.39, 0.29) is 23.5 Å². The van der Waals surface area contributed by atoms with Gasteiger partial charge in [0.25, 0.3) is 0 Å². The Morgan fingerprint density at radius 1 is 1.39 bits per heavy atom. The van der Waals surface area contributed by atoms with E-state index in [0.717, 1.165) is 29.9 Å². The molecule has 1 saturated heterocycles. The van der Waals surface area contributed by atoms with E-state index in [4.69, 9.17) is 10.5 Å². The number of aliphatic imine (C=N–C) groups is 1. The van der Waals surface area contributed by atoms with Gasteiger partial charge in [0.05, 0.1) is 25.4 Å². The van der Waals surface area contributed by atoms with Gasteiger partial charge in [0.15, 0.2) is 0 Å². The van der Waals surface area contributed by atoms with E-state index in [1.807, 2.05) is 13.2 Å². The van der Waals surface area contributed by atoms with Crippen molar-refractivity contribution < 1.29 is 13.9 Å². The lowest BCUT2D eigenvalue weighted by Crippen LogP contribution is -2.43. The van der Waals surface area contributed by atoms with E-state index >= 15 is 0 Å². The second-order valence-corrected chi connectivity index (χ2v) is 7.92. The number of ether oxygens (including phenoxy) is 1. The Balaban J connectivity index is 1.62. The van der Waals surface area contributed by atoms with Crippen LogP contribution in [0.2, 0.25) is 0 Å². The number of rotatable bonds is 5. The summed E-state index contributed by atoms with van der Waals surface area (Å²) in [6, 6.07) is 5.03. The van der Waals surface area contributed by atoms with E-state index in [0.29, 0.717) is 31.7 Å². The highest BCUT2D eigenvalue weighted by Crippen LogP contribution is 2.27. The normalized spacial score (nSPS) is 19.8. The topological polar surface area (TPSA) is 97.8 Å². The molecule has 0 bridgehead atoms. The lowest BCUT2D eigenvalue weighted by Gasteiger charge is -2.31. The summed E-state index contributed by atoms with van der Waals surface area (Å²) in [5.41, 5.74) is 9.69. The lowest BCUT2D eigenvalue weighted by atomic mass is 10.0. The zero-order valence-corrected chi connectivity index (χ0v) is 17.8. The molecule has 1 atom stereocenters. The summed E-state index contributed by atoms with van der Waals surface area (Å²) in [4.78, 5) is 18.0. The zero-order chi connectivity index (χ0) is 22.0. The molecule has 2 aromatic rings. The lowest BCUT2D eigenvalue weighted by molar-refractivity contribution is -0.128. The summed E-state index contributed by atoms with van der Waals surface area (Å²) < 4.78 is 21.9. The molecule has 164 valence electrons. The molecule has 1 unspecified atom stereocenters. The van der Waals surface area contributed by atoms with Crippen molar-refractivity contribution in [3.05, 3.63) is 47.7 Å². The first kappa shape index (κ1) is 21.0. The number of nitrogens with zero attached hydrogens (tertiary/aromatic N) is 4. The third kappa shape index (κ3) is 4.77. The van der Waals surface area contributed by atoms with Gasteiger partial charge in [-0.3, -0.25) is 9.48 Å². The number of aryl methyl sites for hydroxylation is 1. The number of hydrogen-bond donors (Lipinski definition) is 2. The Hall–Kier alpha value is -3.20. The van der Waals surface area contributed by atoms with Gasteiger partial charge in [0, 0.05) is 56.6 Å². The van der Waals surface area contributed by atoms with Crippen molar-refractivity contribution in [3.8, 4) is 11.1 Å². The quantitative estimate of drug-likeness (QED) is 0.564. The van der Waals surface area contributed by atoms with E-state index in [1.54, 1.807) is 27.9 Å². The van der Waals surface area contributed by atoms with Crippen molar-refractivity contribution in [2.24, 2.45) is 17.8 Å². The third-order valence-electron chi connectivity index (χ3n) is 5.63. The number of hydrogen-bond acceptors (Lipinski definition) is 5. The van der Waals surface area contributed by atoms with Gasteiger partial charge in [-0.15, -0.1) is 0 Å². The Bertz CT molecular complexity index is 1040. The highest BCUT2D eigenvalue weighted by Gasteiger charge is 2.26. The van der Waals surface area contributed by atoms with Crippen LogP contribution in [0.1, 0.15) is 19.8 Å². The third-order valence-corrected chi connectivity index (χ3v) is 5.63. The number of nitrogens with one attached hydrogen (secondary N) is 1. The summed E-state index contributed by atoms with van der Waals surface area (Å²) in [6.07, 6.45) is 5.05. The van der Waals surface area contributed by atoms with Crippen molar-refractivity contribution in [3.63, 3.8) is 0 Å². The molecule has 0 radical (unpaired) electrons. The smallest absolute Gasteiger partial charge is 0.219 e. The number of nitrogens with two attached hydrogens (primary N) is 1. The van der Waals surface area contributed by atoms with Crippen molar-refractivity contribution in [2.45, 2.75) is 25.8 Å². The SMILES string of the molecule is CC(=O)N1CCC(NC2CCOC2)=C(C(N)=Nc2ccc(-c3cnn(C)c3)cc2F)C1. The first-order valence-electron chi connectivity index (χ1n) is 10.4. The number of amidine groups is 1. The number of carbonyl (C=O) groups excluding carboxylic acids is 1. The van der Waals surface area contributed by atoms with Crippen molar-refractivity contribution >= 4 is 17.4 Å². The summed E-state index contributed by atoms with van der Waals surface area (Å²) in [5.74, 6) is -0.288. The summed E-state index contributed by atoms with van der Waals surface area (Å²) in [6.45, 7) is 3.84. The van der Waals surface area contributed by atoms with Crippen LogP contribution >= 0.6 is 0 Å². The van der Waals surface area contributed by atoms with Gasteiger partial charge in [-0.2, -0.15) is 5.10 Å². The van der Waals surface area contributed by atoms with Crippen LogP contribution in [0.5, 0.6) is 0 Å². The van der Waals surface area contributed by atoms with E-state index in [2.05, 4.69) is 15.4 Å². The molecule has 1 fully saturated rings. The Morgan fingerprint density at radius 2 is 2.23 bits per heavy atom. The number of amides is 1. The van der Waals surface area contributed by atoms with Crippen LogP contribution < -0.4 is 11.1 Å². The average molecular weight is 426 g/mol. The molecule has 31 heavy (non-hydrogen) atoms. The van der Waals surface area contributed by atoms with Gasteiger partial charge in [-0.25, -0.2) is 9.38 Å². The van der Waals surface area contributed by atoms with Crippen molar-refractivity contribution in [1.82, 2.24) is 20.0 Å². The second-order valence-electron chi connectivity index (χ2n) is 7.92. The van der Waals surface area contributed by atoms with Crippen molar-refractivity contribution in [2.75, 3.05) is 26.3 Å². The predicted molar refractivity (Wildman–Crippen MR) is 116 cm³/mol. The fraction of sp³-hybridized carbons (Fsp3) is 0.409. The summed E-state index contributed by atoms with van der Waals surface area (Å²) >= 11 is 0. The molecule has 0 saturated carbocycles. The van der Waals surface area contributed by atoms with E-state index in [1.165, 1.54) is 13.0 Å². The van der Waals surface area contributed by atoms with Crippen LogP contribution in [-0.2, 0) is 16.6 Å². The maximum absolute atomic E-state index is 14.8. The summed E-state index contributed by atoms with van der Waals surface area (Å²) in [7, 11) is 1.81. The molecule has 0 spiro atoms. The molecule has 3 heterocycles. The maximum Gasteiger partial charge on any atom is 0.219 e. The van der Waals surface area contributed by atoms with Crippen LogP contribution in [0, 0.1) is 5.82 Å². The standard InChI is InChI=1S/C22H27FN6O2/c1-14(30)29-7-5-20(26-17-6-8-31-13-17)18(12-29)22(24)27-21-4-3-15(9-19(21)23)16-10-25-28(2)11-16/h3-4,9-11,17,26H,5-8,12-13H2,1-2H3,(H2,24,27). The molecule has 9 heteroatoms. The molecule has 2 aliphatic rings. The van der Waals surface area contributed by atoms with Crippen LogP contribution in [0.25, 0.3) is 11.1 Å². The Kier molecular flexibility index (Phi) is 6.03. The number of benzene rings is 1. The minimum atomic E-state index is -0.470. The minimum Gasteiger partial charge on any atom is -0.383 e. The van der Waals surface area contributed by atoms with E-state index < -0.39 is 5.82 Å². The van der Waals surface area contributed by atoms with Crippen molar-refractivity contribution in [1.29, 1.82) is 0 Å². The molecule has 1 amide bonds. The minimum absolute atomic E-state index is 0.0273. The van der Waals surface area contributed by atoms with Gasteiger partial charge in [-0.1, -0.05) is 6.07 Å². The van der Waals surface area contributed by atoms with Crippen LogP contribution in [0.3, 0.4) is 0 Å². The Morgan fingerprint density at radius 3 is 2.87 bits per heavy atom. The fourth-order valence-corrected chi connectivity index (χ4v) is 3.87. The second kappa shape index (κ2) is 8.89. The number of halogens is 1. The van der Waals surface area contributed by atoms with E-state index in [9.17, 15) is 9.18 Å². The largest absolute Gasteiger partial charge is 0.383 e. The van der Waals surface area contributed by atoms with Gasteiger partial charge in [0.1, 0.15) is 17.3 Å². The van der Waals surface area contributed by atoms with Gasteiger partial charge in [-0.05, 0) is 24.1 Å². The molecular weight excluding hydrogens is 399 g/mol. The molecular formula is C22H27FN6O2. The summed E-state index contributed by atoms with van der Waals surface area (Å²) in [5, 5.41) is 7.61. The van der Waals surface area contributed by atoms with Crippen LogP contribution in [0.15, 0.2) is 46.9 Å².